The van der Waals surface area contributed by atoms with E-state index >= 15 is 0 Å². The van der Waals surface area contributed by atoms with Gasteiger partial charge in [-0.1, -0.05) is 0 Å². The molecule has 1 heterocycles. The first-order valence-corrected chi connectivity index (χ1v) is 5.46. The molecule has 2 aliphatic rings. The highest BCUT2D eigenvalue weighted by Crippen LogP contribution is 2.48. The summed E-state index contributed by atoms with van der Waals surface area (Å²) in [6.07, 6.45) is 3.80. The lowest BCUT2D eigenvalue weighted by molar-refractivity contribution is 0.0286. The molecule has 82 valence electrons. The van der Waals surface area contributed by atoms with Gasteiger partial charge in [-0.25, -0.2) is 5.90 Å². The fraction of sp³-hybridized carbons (Fsp3) is 1.00. The number of rotatable bonds is 5. The van der Waals surface area contributed by atoms with Crippen LogP contribution in [0.1, 0.15) is 19.3 Å². The Morgan fingerprint density at radius 3 is 2.57 bits per heavy atom. The average Bonchev–Trinajstić information content (AvgIpc) is 2.98. The summed E-state index contributed by atoms with van der Waals surface area (Å²) in [5.41, 5.74) is 0.424. The van der Waals surface area contributed by atoms with E-state index in [1.54, 1.807) is 0 Å². The fourth-order valence-electron chi connectivity index (χ4n) is 2.04. The largest absolute Gasteiger partial charge is 0.379 e. The van der Waals surface area contributed by atoms with Gasteiger partial charge in [0.15, 0.2) is 0 Å². The maximum absolute atomic E-state index is 5.31. The molecule has 2 fully saturated rings. The Balaban J connectivity index is 1.65. The first-order chi connectivity index (χ1) is 6.85. The highest BCUT2D eigenvalue weighted by atomic mass is 16.6. The van der Waals surface area contributed by atoms with Gasteiger partial charge in [0, 0.05) is 13.1 Å². The highest BCUT2D eigenvalue weighted by molar-refractivity contribution is 4.93. The fourth-order valence-corrected chi connectivity index (χ4v) is 2.04. The van der Waals surface area contributed by atoms with Crippen LogP contribution in [-0.4, -0.2) is 44.4 Å². The third-order valence-electron chi connectivity index (χ3n) is 3.41. The van der Waals surface area contributed by atoms with Crippen molar-refractivity contribution in [1.29, 1.82) is 0 Å². The Labute approximate surface area is 85.3 Å². The first kappa shape index (κ1) is 10.4. The minimum atomic E-state index is 0.424. The molecule has 14 heavy (non-hydrogen) atoms. The molecule has 0 spiro atoms. The molecular weight excluding hydrogens is 180 g/mol. The lowest BCUT2D eigenvalue weighted by atomic mass is 10.0. The van der Waals surface area contributed by atoms with Crippen LogP contribution in [0.15, 0.2) is 0 Å². The zero-order valence-corrected chi connectivity index (χ0v) is 8.71. The van der Waals surface area contributed by atoms with E-state index in [1.165, 1.54) is 25.8 Å². The number of hydrogen-bond acceptors (Lipinski definition) is 4. The summed E-state index contributed by atoms with van der Waals surface area (Å²) in [6.45, 7) is 5.85. The number of hydrogen-bond donors (Lipinski definition) is 1. The Bertz CT molecular complexity index is 177. The zero-order chi connectivity index (χ0) is 9.86. The molecule has 4 heteroatoms. The van der Waals surface area contributed by atoms with Gasteiger partial charge in [-0.2, -0.15) is 0 Å². The monoisotopic (exact) mass is 200 g/mol. The molecule has 0 atom stereocenters. The van der Waals surface area contributed by atoms with Gasteiger partial charge in [0.2, 0.25) is 0 Å². The minimum Gasteiger partial charge on any atom is -0.379 e. The highest BCUT2D eigenvalue weighted by Gasteiger charge is 2.42. The first-order valence-electron chi connectivity index (χ1n) is 5.46. The van der Waals surface area contributed by atoms with Crippen LogP contribution in [0.5, 0.6) is 0 Å². The standard InChI is InChI=1S/C10H20N2O2/c11-14-9-10(1-2-10)3-4-12-5-7-13-8-6-12/h1-9,11H2. The van der Waals surface area contributed by atoms with Crippen LogP contribution >= 0.6 is 0 Å². The molecule has 0 radical (unpaired) electrons. The van der Waals surface area contributed by atoms with Crippen LogP contribution in [-0.2, 0) is 9.57 Å². The number of morpholine rings is 1. The van der Waals surface area contributed by atoms with Crippen LogP contribution in [0, 0.1) is 5.41 Å². The molecule has 2 N–H and O–H groups in total. The van der Waals surface area contributed by atoms with Crippen LogP contribution < -0.4 is 5.90 Å². The van der Waals surface area contributed by atoms with Crippen molar-refractivity contribution in [3.8, 4) is 0 Å². The molecule has 2 rings (SSSR count). The number of nitrogens with zero attached hydrogens (tertiary/aromatic N) is 1. The van der Waals surface area contributed by atoms with Gasteiger partial charge in [0.05, 0.1) is 19.8 Å². The molecule has 0 unspecified atom stereocenters. The summed E-state index contributed by atoms with van der Waals surface area (Å²) in [6, 6.07) is 0. The number of ether oxygens (including phenoxy) is 1. The summed E-state index contributed by atoms with van der Waals surface area (Å²) < 4.78 is 5.31. The molecule has 0 aromatic heterocycles. The summed E-state index contributed by atoms with van der Waals surface area (Å²) in [7, 11) is 0. The number of nitrogens with two attached hydrogens (primary N) is 1. The van der Waals surface area contributed by atoms with Crippen molar-refractivity contribution in [2.45, 2.75) is 19.3 Å². The van der Waals surface area contributed by atoms with Crippen LogP contribution in [0.2, 0.25) is 0 Å². The van der Waals surface area contributed by atoms with Crippen molar-refractivity contribution in [1.82, 2.24) is 4.90 Å². The van der Waals surface area contributed by atoms with Crippen molar-refractivity contribution in [2.75, 3.05) is 39.5 Å². The normalized spacial score (nSPS) is 26.4. The Morgan fingerprint density at radius 1 is 1.29 bits per heavy atom. The smallest absolute Gasteiger partial charge is 0.0735 e. The van der Waals surface area contributed by atoms with Gasteiger partial charge in [-0.15, -0.1) is 0 Å². The predicted octanol–water partition coefficient (Wildman–Crippen LogP) is 0.379. The molecule has 0 aromatic carbocycles. The topological polar surface area (TPSA) is 47.7 Å². The summed E-state index contributed by atoms with van der Waals surface area (Å²) in [5.74, 6) is 5.13. The molecule has 1 aliphatic heterocycles. The van der Waals surface area contributed by atoms with E-state index in [-0.39, 0.29) is 0 Å². The lowest BCUT2D eigenvalue weighted by Crippen LogP contribution is -2.38. The third kappa shape index (κ3) is 2.67. The van der Waals surface area contributed by atoms with Gasteiger partial charge in [0.25, 0.3) is 0 Å². The van der Waals surface area contributed by atoms with E-state index < -0.39 is 0 Å². The van der Waals surface area contributed by atoms with E-state index in [2.05, 4.69) is 4.90 Å². The third-order valence-corrected chi connectivity index (χ3v) is 3.41. The zero-order valence-electron chi connectivity index (χ0n) is 8.71. The molecule has 1 saturated heterocycles. The molecule has 0 bridgehead atoms. The second kappa shape index (κ2) is 4.57. The van der Waals surface area contributed by atoms with Crippen molar-refractivity contribution in [2.24, 2.45) is 11.3 Å². The van der Waals surface area contributed by atoms with E-state index in [0.29, 0.717) is 5.41 Å². The maximum atomic E-state index is 5.31. The van der Waals surface area contributed by atoms with Gasteiger partial charge < -0.3 is 9.57 Å². The summed E-state index contributed by atoms with van der Waals surface area (Å²) >= 11 is 0. The van der Waals surface area contributed by atoms with Gasteiger partial charge in [0.1, 0.15) is 0 Å². The Morgan fingerprint density at radius 2 is 2.00 bits per heavy atom. The van der Waals surface area contributed by atoms with E-state index in [1.807, 2.05) is 0 Å². The molecule has 4 nitrogen and oxygen atoms in total. The van der Waals surface area contributed by atoms with Crippen molar-refractivity contribution in [3.63, 3.8) is 0 Å². The Kier molecular flexibility index (Phi) is 3.38. The van der Waals surface area contributed by atoms with Crippen LogP contribution in [0.4, 0.5) is 0 Å². The van der Waals surface area contributed by atoms with Crippen molar-refractivity contribution < 1.29 is 9.57 Å². The van der Waals surface area contributed by atoms with Crippen molar-refractivity contribution in [3.05, 3.63) is 0 Å². The van der Waals surface area contributed by atoms with Crippen LogP contribution in [0.25, 0.3) is 0 Å². The molecule has 0 aromatic rings. The van der Waals surface area contributed by atoms with Gasteiger partial charge in [-0.05, 0) is 31.2 Å². The predicted molar refractivity (Wildman–Crippen MR) is 53.7 cm³/mol. The average molecular weight is 200 g/mol. The minimum absolute atomic E-state index is 0.424. The quantitative estimate of drug-likeness (QED) is 0.652. The Hall–Kier alpha value is -0.160. The van der Waals surface area contributed by atoms with Crippen LogP contribution in [0.3, 0.4) is 0 Å². The SMILES string of the molecule is NOCC1(CCN2CCOCC2)CC1. The molecule has 1 aliphatic carbocycles. The van der Waals surface area contributed by atoms with E-state index in [0.717, 1.165) is 32.9 Å². The summed E-state index contributed by atoms with van der Waals surface area (Å²) in [5, 5.41) is 0. The summed E-state index contributed by atoms with van der Waals surface area (Å²) in [4.78, 5) is 7.24. The van der Waals surface area contributed by atoms with E-state index in [4.69, 9.17) is 15.5 Å². The van der Waals surface area contributed by atoms with E-state index in [9.17, 15) is 0 Å². The molecule has 0 amide bonds. The molecular formula is C10H20N2O2. The molecule has 1 saturated carbocycles. The van der Waals surface area contributed by atoms with Gasteiger partial charge >= 0.3 is 0 Å². The van der Waals surface area contributed by atoms with Gasteiger partial charge in [-0.3, -0.25) is 4.90 Å². The lowest BCUT2D eigenvalue weighted by Gasteiger charge is -2.28. The second-order valence-electron chi connectivity index (χ2n) is 4.52. The maximum Gasteiger partial charge on any atom is 0.0735 e. The second-order valence-corrected chi connectivity index (χ2v) is 4.52. The van der Waals surface area contributed by atoms with Crippen molar-refractivity contribution >= 4 is 0 Å².